The molecule has 1 aromatic heterocycles. The molecule has 21 heavy (non-hydrogen) atoms. The zero-order valence-corrected chi connectivity index (χ0v) is 13.7. The lowest BCUT2D eigenvalue weighted by Crippen LogP contribution is -2.10. The van der Waals surface area contributed by atoms with E-state index < -0.39 is 5.82 Å². The van der Waals surface area contributed by atoms with Gasteiger partial charge in [-0.15, -0.1) is 11.6 Å². The molecule has 0 aliphatic carbocycles. The second kappa shape index (κ2) is 7.43. The first kappa shape index (κ1) is 16.5. The molecule has 0 aliphatic rings. The summed E-state index contributed by atoms with van der Waals surface area (Å²) in [4.78, 5) is 4.34. The molecule has 1 aromatic carbocycles. The van der Waals surface area contributed by atoms with Crippen molar-refractivity contribution in [3.8, 4) is 0 Å². The maximum atomic E-state index is 13.5. The van der Waals surface area contributed by atoms with Crippen LogP contribution in [0.4, 0.5) is 4.39 Å². The van der Waals surface area contributed by atoms with Crippen molar-refractivity contribution in [3.05, 3.63) is 28.8 Å². The van der Waals surface area contributed by atoms with Crippen LogP contribution in [-0.2, 0) is 17.2 Å². The van der Waals surface area contributed by atoms with E-state index >= 15 is 0 Å². The Morgan fingerprint density at radius 2 is 2.10 bits per heavy atom. The van der Waals surface area contributed by atoms with Gasteiger partial charge in [-0.1, -0.05) is 25.4 Å². The van der Waals surface area contributed by atoms with E-state index in [2.05, 4.69) is 18.8 Å². The number of nitrogens with zero attached hydrogens (tertiary/aromatic N) is 2. The van der Waals surface area contributed by atoms with Crippen LogP contribution in [0.15, 0.2) is 12.1 Å². The highest BCUT2D eigenvalue weighted by Crippen LogP contribution is 2.24. The molecular formula is C15H19Cl2FN2O. The maximum Gasteiger partial charge on any atom is 0.144 e. The van der Waals surface area contributed by atoms with Crippen molar-refractivity contribution in [1.29, 1.82) is 0 Å². The molecular weight excluding hydrogens is 314 g/mol. The van der Waals surface area contributed by atoms with Gasteiger partial charge in [0.1, 0.15) is 11.6 Å². The normalized spacial score (nSPS) is 11.7. The van der Waals surface area contributed by atoms with E-state index in [0.717, 1.165) is 18.5 Å². The molecule has 0 aliphatic heterocycles. The number of halogens is 3. The largest absolute Gasteiger partial charge is 0.380 e. The number of rotatable bonds is 7. The van der Waals surface area contributed by atoms with Crippen molar-refractivity contribution >= 4 is 34.2 Å². The minimum atomic E-state index is -0.469. The summed E-state index contributed by atoms with van der Waals surface area (Å²) in [7, 11) is 0. The van der Waals surface area contributed by atoms with E-state index in [4.69, 9.17) is 27.9 Å². The summed E-state index contributed by atoms with van der Waals surface area (Å²) in [5.74, 6) is 1.11. The quantitative estimate of drug-likeness (QED) is 0.546. The highest BCUT2D eigenvalue weighted by atomic mass is 35.5. The fraction of sp³-hybridized carbons (Fsp3) is 0.533. The zero-order chi connectivity index (χ0) is 15.4. The summed E-state index contributed by atoms with van der Waals surface area (Å²) in [5, 5.41) is 0.0884. The molecule has 0 fully saturated rings. The lowest BCUT2D eigenvalue weighted by atomic mass is 10.1. The molecule has 3 nitrogen and oxygen atoms in total. The van der Waals surface area contributed by atoms with Gasteiger partial charge in [-0.3, -0.25) is 0 Å². The van der Waals surface area contributed by atoms with Gasteiger partial charge in [0.05, 0.1) is 28.5 Å². The second-order valence-electron chi connectivity index (χ2n) is 5.36. The number of benzene rings is 1. The smallest absolute Gasteiger partial charge is 0.144 e. The van der Waals surface area contributed by atoms with Crippen LogP contribution >= 0.6 is 23.2 Å². The molecule has 0 N–H and O–H groups in total. The van der Waals surface area contributed by atoms with Crippen LogP contribution in [0.1, 0.15) is 26.1 Å². The van der Waals surface area contributed by atoms with Gasteiger partial charge in [0.25, 0.3) is 0 Å². The van der Waals surface area contributed by atoms with E-state index in [1.54, 1.807) is 6.07 Å². The Kier molecular flexibility index (Phi) is 5.85. The van der Waals surface area contributed by atoms with Crippen LogP contribution in [0.3, 0.4) is 0 Å². The first-order valence-electron chi connectivity index (χ1n) is 7.00. The molecule has 6 heteroatoms. The number of hydrogen-bond donors (Lipinski definition) is 0. The second-order valence-corrected chi connectivity index (χ2v) is 6.04. The summed E-state index contributed by atoms with van der Waals surface area (Å²) in [6, 6.07) is 2.92. The van der Waals surface area contributed by atoms with Crippen LogP contribution < -0.4 is 0 Å². The minimum Gasteiger partial charge on any atom is -0.380 e. The number of aromatic nitrogens is 2. The van der Waals surface area contributed by atoms with E-state index in [-0.39, 0.29) is 10.9 Å². The van der Waals surface area contributed by atoms with E-state index in [1.165, 1.54) is 6.07 Å². The molecule has 0 radical (unpaired) electrons. The third kappa shape index (κ3) is 4.09. The topological polar surface area (TPSA) is 27.1 Å². The Labute approximate surface area is 134 Å². The van der Waals surface area contributed by atoms with Gasteiger partial charge in [0.2, 0.25) is 0 Å². The van der Waals surface area contributed by atoms with Crippen molar-refractivity contribution in [3.63, 3.8) is 0 Å². The van der Waals surface area contributed by atoms with Crippen molar-refractivity contribution in [2.24, 2.45) is 5.92 Å². The maximum absolute atomic E-state index is 13.5. The molecule has 1 heterocycles. The number of hydrogen-bond acceptors (Lipinski definition) is 2. The monoisotopic (exact) mass is 332 g/mol. The highest BCUT2D eigenvalue weighted by molar-refractivity contribution is 6.31. The lowest BCUT2D eigenvalue weighted by Gasteiger charge is -2.10. The fourth-order valence-corrected chi connectivity index (χ4v) is 2.46. The molecule has 2 aromatic rings. The highest BCUT2D eigenvalue weighted by Gasteiger charge is 2.13. The van der Waals surface area contributed by atoms with Gasteiger partial charge in [-0.2, -0.15) is 0 Å². The average Bonchev–Trinajstić information content (AvgIpc) is 2.76. The molecule has 2 rings (SSSR count). The van der Waals surface area contributed by atoms with Gasteiger partial charge in [0, 0.05) is 19.2 Å². The zero-order valence-electron chi connectivity index (χ0n) is 12.2. The Hall–Kier alpha value is -0.840. The first-order valence-corrected chi connectivity index (χ1v) is 7.92. The van der Waals surface area contributed by atoms with E-state index in [0.29, 0.717) is 30.4 Å². The summed E-state index contributed by atoms with van der Waals surface area (Å²) in [5.41, 5.74) is 1.35. The lowest BCUT2D eigenvalue weighted by molar-refractivity contribution is 0.116. The van der Waals surface area contributed by atoms with Gasteiger partial charge in [-0.05, 0) is 18.4 Å². The van der Waals surface area contributed by atoms with Crippen LogP contribution in [0.25, 0.3) is 11.0 Å². The summed E-state index contributed by atoms with van der Waals surface area (Å²) in [6.07, 6.45) is 1.03. The van der Waals surface area contributed by atoms with E-state index in [1.807, 2.05) is 4.57 Å². The number of fused-ring (bicyclic) bond motifs is 1. The van der Waals surface area contributed by atoms with Crippen LogP contribution in [0.2, 0.25) is 5.02 Å². The predicted molar refractivity (Wildman–Crippen MR) is 84.5 cm³/mol. The standard InChI is InChI=1S/C15H19Cl2FN2O/c1-10(2)3-5-21-6-4-20-14-7-11(17)12(18)8-13(14)19-15(20)9-16/h7-8,10H,3-6,9H2,1-2H3. The number of imidazole rings is 1. The number of ether oxygens (including phenoxy) is 1. The average molecular weight is 333 g/mol. The molecule has 0 amide bonds. The van der Waals surface area contributed by atoms with Crippen LogP contribution in [0.5, 0.6) is 0 Å². The summed E-state index contributed by atoms with van der Waals surface area (Å²) < 4.78 is 21.0. The van der Waals surface area contributed by atoms with E-state index in [9.17, 15) is 4.39 Å². The van der Waals surface area contributed by atoms with Crippen LogP contribution in [-0.4, -0.2) is 22.8 Å². The summed E-state index contributed by atoms with van der Waals surface area (Å²) in [6.45, 7) is 6.25. The van der Waals surface area contributed by atoms with Crippen molar-refractivity contribution < 1.29 is 9.13 Å². The minimum absolute atomic E-state index is 0.0884. The van der Waals surface area contributed by atoms with Crippen LogP contribution in [0, 0.1) is 11.7 Å². The predicted octanol–water partition coefficient (Wildman–Crippen LogP) is 4.63. The third-order valence-electron chi connectivity index (χ3n) is 3.29. The van der Waals surface area contributed by atoms with Gasteiger partial charge < -0.3 is 9.30 Å². The third-order valence-corrected chi connectivity index (χ3v) is 3.82. The first-order chi connectivity index (χ1) is 10.0. The number of alkyl halides is 1. The Balaban J connectivity index is 2.12. The summed E-state index contributed by atoms with van der Waals surface area (Å²) >= 11 is 11.8. The van der Waals surface area contributed by atoms with Gasteiger partial charge in [0.15, 0.2) is 0 Å². The molecule has 0 bridgehead atoms. The fourth-order valence-electron chi connectivity index (χ4n) is 2.10. The molecule has 0 saturated heterocycles. The molecule has 116 valence electrons. The van der Waals surface area contributed by atoms with Crippen molar-refractivity contribution in [2.75, 3.05) is 13.2 Å². The Bertz CT molecular complexity index is 613. The molecule has 0 saturated carbocycles. The molecule has 0 unspecified atom stereocenters. The van der Waals surface area contributed by atoms with Crippen molar-refractivity contribution in [2.45, 2.75) is 32.7 Å². The Morgan fingerprint density at radius 1 is 1.33 bits per heavy atom. The van der Waals surface area contributed by atoms with Gasteiger partial charge >= 0.3 is 0 Å². The van der Waals surface area contributed by atoms with Crippen molar-refractivity contribution in [1.82, 2.24) is 9.55 Å². The van der Waals surface area contributed by atoms with Gasteiger partial charge in [-0.25, -0.2) is 9.37 Å². The Morgan fingerprint density at radius 3 is 2.76 bits per heavy atom. The molecule has 0 atom stereocenters. The molecule has 0 spiro atoms. The SMILES string of the molecule is CC(C)CCOCCn1c(CCl)nc2cc(F)c(Cl)cc21.